The highest BCUT2D eigenvalue weighted by molar-refractivity contribution is 5.95. The summed E-state index contributed by atoms with van der Waals surface area (Å²) in [7, 11) is 0. The van der Waals surface area contributed by atoms with E-state index in [9.17, 15) is 14.3 Å². The van der Waals surface area contributed by atoms with E-state index in [0.717, 1.165) is 5.56 Å². The molecule has 1 amide bonds. The van der Waals surface area contributed by atoms with Crippen molar-refractivity contribution in [3.8, 4) is 5.75 Å². The number of rotatable bonds is 5. The largest absolute Gasteiger partial charge is 0.488 e. The highest BCUT2D eigenvalue weighted by Crippen LogP contribution is 2.24. The molecule has 9 heteroatoms. The third-order valence-corrected chi connectivity index (χ3v) is 4.28. The predicted octanol–water partition coefficient (Wildman–Crippen LogP) is 1.45. The van der Waals surface area contributed by atoms with Crippen LogP contribution in [0.5, 0.6) is 5.75 Å². The van der Waals surface area contributed by atoms with Gasteiger partial charge in [0.25, 0.3) is 0 Å². The van der Waals surface area contributed by atoms with E-state index in [4.69, 9.17) is 4.74 Å². The van der Waals surface area contributed by atoms with Crippen LogP contribution in [0, 0.1) is 5.82 Å². The van der Waals surface area contributed by atoms with Crippen LogP contribution in [-0.2, 0) is 11.3 Å². The van der Waals surface area contributed by atoms with Gasteiger partial charge < -0.3 is 15.2 Å². The average Bonchev–Trinajstić information content (AvgIpc) is 2.98. The Morgan fingerprint density at radius 2 is 2.14 bits per heavy atom. The van der Waals surface area contributed by atoms with Crippen LogP contribution in [0.3, 0.4) is 0 Å². The van der Waals surface area contributed by atoms with Crippen LogP contribution in [-0.4, -0.2) is 38.4 Å². The highest BCUT2D eigenvalue weighted by Gasteiger charge is 2.29. The number of halogens is 1. The van der Waals surface area contributed by atoms with Crippen LogP contribution in [0.25, 0.3) is 0 Å². The molecule has 0 aliphatic carbocycles. The summed E-state index contributed by atoms with van der Waals surface area (Å²) in [6.07, 6.45) is 1.25. The Morgan fingerprint density at radius 1 is 1.32 bits per heavy atom. The molecule has 3 aromatic rings. The third-order valence-electron chi connectivity index (χ3n) is 4.28. The fraction of sp³-hybridized carbons (Fsp3) is 0.211. The molecule has 2 aromatic heterocycles. The number of ether oxygens (including phenoxy) is 1. The van der Waals surface area contributed by atoms with E-state index in [1.165, 1.54) is 17.1 Å². The lowest BCUT2D eigenvalue weighted by Gasteiger charge is -2.18. The fourth-order valence-electron chi connectivity index (χ4n) is 2.90. The van der Waals surface area contributed by atoms with Gasteiger partial charge in [0.05, 0.1) is 12.7 Å². The molecule has 0 radical (unpaired) electrons. The van der Waals surface area contributed by atoms with Gasteiger partial charge in [-0.3, -0.25) is 14.8 Å². The number of nitrogens with one attached hydrogen (secondary N) is 2. The van der Waals surface area contributed by atoms with Crippen molar-refractivity contribution in [3.63, 3.8) is 0 Å². The molecule has 0 saturated carbocycles. The summed E-state index contributed by atoms with van der Waals surface area (Å²) < 4.78 is 21.2. The van der Waals surface area contributed by atoms with Crippen LogP contribution in [0.2, 0.25) is 0 Å². The number of anilines is 1. The SMILES string of the molecule is O=C1Nc2ncccc2OC[C@@H]1NC(O)c1nn(Cc2ccccc2)cc1F. The Kier molecular flexibility index (Phi) is 5.00. The lowest BCUT2D eigenvalue weighted by Crippen LogP contribution is -2.45. The third kappa shape index (κ3) is 3.85. The van der Waals surface area contributed by atoms with Crippen LogP contribution < -0.4 is 15.4 Å². The summed E-state index contributed by atoms with van der Waals surface area (Å²) in [5.41, 5.74) is 0.754. The first-order chi connectivity index (χ1) is 13.6. The number of carbonyl (C=O) groups is 1. The van der Waals surface area contributed by atoms with E-state index in [0.29, 0.717) is 18.1 Å². The van der Waals surface area contributed by atoms with Crippen molar-refractivity contribution < 1.29 is 19.0 Å². The Morgan fingerprint density at radius 3 is 2.96 bits per heavy atom. The number of hydrogen-bond donors (Lipinski definition) is 3. The Bertz CT molecular complexity index is 979. The number of aromatic nitrogens is 3. The number of benzene rings is 1. The average molecular weight is 383 g/mol. The van der Waals surface area contributed by atoms with Crippen LogP contribution in [0.1, 0.15) is 17.5 Å². The minimum atomic E-state index is -1.48. The summed E-state index contributed by atoms with van der Waals surface area (Å²) in [6, 6.07) is 11.9. The monoisotopic (exact) mass is 383 g/mol. The molecule has 1 aromatic carbocycles. The lowest BCUT2D eigenvalue weighted by molar-refractivity contribution is -0.119. The molecule has 8 nitrogen and oxygen atoms in total. The summed E-state index contributed by atoms with van der Waals surface area (Å²) >= 11 is 0. The van der Waals surface area contributed by atoms with Crippen LogP contribution >= 0.6 is 0 Å². The van der Waals surface area contributed by atoms with Crippen molar-refractivity contribution in [3.05, 3.63) is 71.9 Å². The Balaban J connectivity index is 1.45. The molecular formula is C19H18FN5O3. The molecule has 2 atom stereocenters. The van der Waals surface area contributed by atoms with Gasteiger partial charge in [-0.05, 0) is 17.7 Å². The van der Waals surface area contributed by atoms with Gasteiger partial charge in [-0.15, -0.1) is 0 Å². The number of hydrogen-bond acceptors (Lipinski definition) is 6. The van der Waals surface area contributed by atoms with Gasteiger partial charge in [-0.2, -0.15) is 5.10 Å². The molecule has 3 heterocycles. The van der Waals surface area contributed by atoms with Crippen LogP contribution in [0.4, 0.5) is 10.2 Å². The molecule has 0 bridgehead atoms. The summed E-state index contributed by atoms with van der Waals surface area (Å²) in [5.74, 6) is -0.394. The number of amides is 1. The van der Waals surface area contributed by atoms with Crippen molar-refractivity contribution in [2.45, 2.75) is 18.8 Å². The van der Waals surface area contributed by atoms with Crippen molar-refractivity contribution in [1.82, 2.24) is 20.1 Å². The van der Waals surface area contributed by atoms with Crippen LogP contribution in [0.15, 0.2) is 54.9 Å². The second-order valence-electron chi connectivity index (χ2n) is 6.32. The molecule has 1 unspecified atom stereocenters. The minimum absolute atomic E-state index is 0.0477. The fourth-order valence-corrected chi connectivity index (χ4v) is 2.90. The molecule has 4 rings (SSSR count). The van der Waals surface area contributed by atoms with E-state index < -0.39 is 24.0 Å². The molecular weight excluding hydrogens is 365 g/mol. The Labute approximate surface area is 160 Å². The molecule has 0 saturated heterocycles. The van der Waals surface area contributed by atoms with Gasteiger partial charge in [0.15, 0.2) is 23.6 Å². The number of carbonyl (C=O) groups excluding carboxylic acids is 1. The zero-order valence-electron chi connectivity index (χ0n) is 14.7. The zero-order chi connectivity index (χ0) is 19.5. The van der Waals surface area contributed by atoms with E-state index >= 15 is 0 Å². The van der Waals surface area contributed by atoms with E-state index in [1.54, 1.807) is 12.1 Å². The van der Waals surface area contributed by atoms with Crippen molar-refractivity contribution >= 4 is 11.7 Å². The molecule has 0 fully saturated rings. The molecule has 1 aliphatic rings. The van der Waals surface area contributed by atoms with Gasteiger partial charge >= 0.3 is 0 Å². The lowest BCUT2D eigenvalue weighted by atomic mass is 10.2. The normalized spacial score (nSPS) is 17.2. The number of nitrogens with zero attached hydrogens (tertiary/aromatic N) is 3. The summed E-state index contributed by atoms with van der Waals surface area (Å²) in [4.78, 5) is 16.4. The maximum atomic E-state index is 14.3. The molecule has 3 N–H and O–H groups in total. The van der Waals surface area contributed by atoms with E-state index in [1.807, 2.05) is 30.3 Å². The smallest absolute Gasteiger partial charge is 0.246 e. The molecule has 28 heavy (non-hydrogen) atoms. The Hall–Kier alpha value is -3.30. The molecule has 1 aliphatic heterocycles. The van der Waals surface area contributed by atoms with E-state index in [-0.39, 0.29) is 12.3 Å². The maximum Gasteiger partial charge on any atom is 0.246 e. The summed E-state index contributed by atoms with van der Waals surface area (Å²) in [6.45, 7) is 0.312. The van der Waals surface area contributed by atoms with Crippen molar-refractivity contribution in [2.24, 2.45) is 0 Å². The number of aliphatic hydroxyl groups excluding tert-OH is 1. The standard InChI is InChI=1S/C19H18FN5O3/c20-13-10-25(9-12-5-2-1-3-6-12)24-16(13)19(27)22-14-11-28-15-7-4-8-21-17(15)23-18(14)26/h1-8,10,14,19,22,27H,9,11H2,(H,21,23,26)/t14-,19?/m0/s1. The quantitative estimate of drug-likeness (QED) is 0.577. The first-order valence-electron chi connectivity index (χ1n) is 8.70. The first-order valence-corrected chi connectivity index (χ1v) is 8.70. The first kappa shape index (κ1) is 18.1. The zero-order valence-corrected chi connectivity index (χ0v) is 14.7. The number of aliphatic hydroxyl groups is 1. The predicted molar refractivity (Wildman–Crippen MR) is 98.0 cm³/mol. The van der Waals surface area contributed by atoms with Crippen molar-refractivity contribution in [2.75, 3.05) is 11.9 Å². The van der Waals surface area contributed by atoms with Gasteiger partial charge in [0, 0.05) is 6.20 Å². The van der Waals surface area contributed by atoms with Crippen molar-refractivity contribution in [1.29, 1.82) is 0 Å². The number of fused-ring (bicyclic) bond motifs is 1. The second kappa shape index (κ2) is 7.75. The molecule has 0 spiro atoms. The summed E-state index contributed by atoms with van der Waals surface area (Å²) in [5, 5.41) is 19.8. The molecule has 144 valence electrons. The maximum absolute atomic E-state index is 14.3. The highest BCUT2D eigenvalue weighted by atomic mass is 19.1. The van der Waals surface area contributed by atoms with Gasteiger partial charge in [-0.25, -0.2) is 9.37 Å². The topological polar surface area (TPSA) is 101 Å². The van der Waals surface area contributed by atoms with Gasteiger partial charge in [-0.1, -0.05) is 30.3 Å². The number of pyridine rings is 1. The minimum Gasteiger partial charge on any atom is -0.488 e. The second-order valence-corrected chi connectivity index (χ2v) is 6.32. The van der Waals surface area contributed by atoms with E-state index in [2.05, 4.69) is 20.7 Å². The van der Waals surface area contributed by atoms with Gasteiger partial charge in [0.1, 0.15) is 18.3 Å². The van der Waals surface area contributed by atoms with Gasteiger partial charge in [0.2, 0.25) is 5.91 Å².